The quantitative estimate of drug-likeness (QED) is 0.630. The van der Waals surface area contributed by atoms with Crippen molar-refractivity contribution < 1.29 is 9.26 Å². The largest absolute Gasteiger partial charge is 0.497 e. The van der Waals surface area contributed by atoms with Crippen LogP contribution < -0.4 is 4.74 Å². The molecule has 7 nitrogen and oxygen atoms in total. The van der Waals surface area contributed by atoms with Crippen LogP contribution in [0.5, 0.6) is 5.75 Å². The third kappa shape index (κ3) is 4.49. The molecule has 0 bridgehead atoms. The van der Waals surface area contributed by atoms with E-state index in [0.29, 0.717) is 18.3 Å². The molecule has 2 aromatic heterocycles. The molecule has 1 aliphatic rings. The first-order valence-corrected chi connectivity index (χ1v) is 9.60. The number of hydrogen-bond donors (Lipinski definition) is 0. The lowest BCUT2D eigenvalue weighted by Gasteiger charge is -2.33. The molecule has 8 heteroatoms. The van der Waals surface area contributed by atoms with E-state index in [-0.39, 0.29) is 0 Å². The second-order valence-electron chi connectivity index (χ2n) is 6.72. The summed E-state index contributed by atoms with van der Waals surface area (Å²) in [5, 5.41) is 4.82. The van der Waals surface area contributed by atoms with Gasteiger partial charge in [-0.05, 0) is 36.4 Å². The van der Waals surface area contributed by atoms with Gasteiger partial charge in [0.2, 0.25) is 11.7 Å². The first-order chi connectivity index (χ1) is 13.7. The highest BCUT2D eigenvalue weighted by molar-refractivity contribution is 6.31. The molecule has 0 atom stereocenters. The molecular formula is C20H22ClN5O2. The fraction of sp³-hybridized carbons (Fsp3) is 0.350. The Morgan fingerprint density at radius 3 is 2.43 bits per heavy atom. The SMILES string of the molecule is COc1ccc(-c2noc(CN3CCN(Cc4ncccc4Cl)CC3)n2)cc1. The maximum Gasteiger partial charge on any atom is 0.241 e. The zero-order valence-corrected chi connectivity index (χ0v) is 16.5. The molecule has 0 radical (unpaired) electrons. The molecule has 0 unspecified atom stereocenters. The third-order valence-corrected chi connectivity index (χ3v) is 5.19. The maximum absolute atomic E-state index is 6.22. The van der Waals surface area contributed by atoms with Crippen molar-refractivity contribution in [2.75, 3.05) is 33.3 Å². The van der Waals surface area contributed by atoms with E-state index in [2.05, 4.69) is 24.9 Å². The summed E-state index contributed by atoms with van der Waals surface area (Å²) in [6.45, 7) is 5.20. The van der Waals surface area contributed by atoms with Crippen LogP contribution in [0.15, 0.2) is 47.1 Å². The van der Waals surface area contributed by atoms with E-state index >= 15 is 0 Å². The minimum Gasteiger partial charge on any atom is -0.497 e. The Morgan fingerprint density at radius 2 is 1.75 bits per heavy atom. The standard InChI is InChI=1S/C20H22ClN5O2/c1-27-16-6-4-15(5-7-16)20-23-19(28-24-20)14-26-11-9-25(10-12-26)13-18-17(21)3-2-8-22-18/h2-8H,9-14H2,1H3. The van der Waals surface area contributed by atoms with Gasteiger partial charge in [-0.15, -0.1) is 0 Å². The van der Waals surface area contributed by atoms with Crippen molar-refractivity contribution in [3.63, 3.8) is 0 Å². The van der Waals surface area contributed by atoms with Gasteiger partial charge < -0.3 is 9.26 Å². The highest BCUT2D eigenvalue weighted by Crippen LogP contribution is 2.20. The van der Waals surface area contributed by atoms with Gasteiger partial charge in [0, 0.05) is 44.5 Å². The van der Waals surface area contributed by atoms with Crippen LogP contribution in [-0.4, -0.2) is 58.2 Å². The van der Waals surface area contributed by atoms with Crippen LogP contribution in [0.2, 0.25) is 5.02 Å². The van der Waals surface area contributed by atoms with Crippen molar-refractivity contribution in [2.45, 2.75) is 13.1 Å². The number of halogens is 1. The van der Waals surface area contributed by atoms with Crippen molar-refractivity contribution >= 4 is 11.6 Å². The van der Waals surface area contributed by atoms with E-state index in [1.165, 1.54) is 0 Å². The number of piperazine rings is 1. The van der Waals surface area contributed by atoms with Crippen LogP contribution in [0.1, 0.15) is 11.6 Å². The lowest BCUT2D eigenvalue weighted by molar-refractivity contribution is 0.111. The molecule has 0 amide bonds. The molecule has 1 aromatic carbocycles. The molecule has 28 heavy (non-hydrogen) atoms. The molecule has 0 spiro atoms. The summed E-state index contributed by atoms with van der Waals surface area (Å²) in [6, 6.07) is 11.4. The number of rotatable bonds is 6. The van der Waals surface area contributed by atoms with Gasteiger partial charge in [0.05, 0.1) is 24.4 Å². The molecule has 0 N–H and O–H groups in total. The van der Waals surface area contributed by atoms with Crippen LogP contribution in [0, 0.1) is 0 Å². The molecule has 1 saturated heterocycles. The number of hydrogen-bond acceptors (Lipinski definition) is 7. The van der Waals surface area contributed by atoms with E-state index in [1.54, 1.807) is 13.3 Å². The molecule has 3 aromatic rings. The van der Waals surface area contributed by atoms with E-state index in [0.717, 1.165) is 54.8 Å². The smallest absolute Gasteiger partial charge is 0.241 e. The first-order valence-electron chi connectivity index (χ1n) is 9.22. The van der Waals surface area contributed by atoms with Crippen molar-refractivity contribution in [2.24, 2.45) is 0 Å². The lowest BCUT2D eigenvalue weighted by Crippen LogP contribution is -2.45. The molecule has 0 aliphatic carbocycles. The zero-order chi connectivity index (χ0) is 19.3. The average Bonchev–Trinajstić information content (AvgIpc) is 3.20. The Kier molecular flexibility index (Phi) is 5.85. The fourth-order valence-electron chi connectivity index (χ4n) is 3.22. The van der Waals surface area contributed by atoms with Gasteiger partial charge in [-0.1, -0.05) is 16.8 Å². The summed E-state index contributed by atoms with van der Waals surface area (Å²) in [6.07, 6.45) is 1.79. The number of methoxy groups -OCH3 is 1. The summed E-state index contributed by atoms with van der Waals surface area (Å²) < 4.78 is 10.6. The molecule has 4 rings (SSSR count). The van der Waals surface area contributed by atoms with E-state index < -0.39 is 0 Å². The summed E-state index contributed by atoms with van der Waals surface area (Å²) >= 11 is 6.22. The topological polar surface area (TPSA) is 67.5 Å². The van der Waals surface area contributed by atoms with Gasteiger partial charge in [-0.25, -0.2) is 0 Å². The predicted octanol–water partition coefficient (Wildman–Crippen LogP) is 3.11. The van der Waals surface area contributed by atoms with Crippen molar-refractivity contribution in [1.29, 1.82) is 0 Å². The summed E-state index contributed by atoms with van der Waals surface area (Å²) in [4.78, 5) is 13.6. The molecule has 1 aliphatic heterocycles. The van der Waals surface area contributed by atoms with Crippen LogP contribution in [-0.2, 0) is 13.1 Å². The minimum atomic E-state index is 0.598. The number of nitrogens with zero attached hydrogens (tertiary/aromatic N) is 5. The predicted molar refractivity (Wildman–Crippen MR) is 106 cm³/mol. The van der Waals surface area contributed by atoms with Gasteiger partial charge >= 0.3 is 0 Å². The summed E-state index contributed by atoms with van der Waals surface area (Å²) in [7, 11) is 1.65. The number of ether oxygens (including phenoxy) is 1. The summed E-state index contributed by atoms with van der Waals surface area (Å²) in [5.41, 5.74) is 1.84. The number of aromatic nitrogens is 3. The monoisotopic (exact) mass is 399 g/mol. The molecular weight excluding hydrogens is 378 g/mol. The average molecular weight is 400 g/mol. The first kappa shape index (κ1) is 18.9. The van der Waals surface area contributed by atoms with Crippen LogP contribution in [0.4, 0.5) is 0 Å². The van der Waals surface area contributed by atoms with Gasteiger partial charge in [0.25, 0.3) is 0 Å². The Balaban J connectivity index is 1.30. The zero-order valence-electron chi connectivity index (χ0n) is 15.7. The third-order valence-electron chi connectivity index (χ3n) is 4.85. The normalized spacial score (nSPS) is 15.6. The van der Waals surface area contributed by atoms with Gasteiger partial charge in [-0.2, -0.15) is 4.98 Å². The van der Waals surface area contributed by atoms with Crippen LogP contribution in [0.3, 0.4) is 0 Å². The Bertz CT molecular complexity index is 907. The Hall–Kier alpha value is -2.48. The second-order valence-corrected chi connectivity index (χ2v) is 7.13. The number of benzene rings is 1. The highest BCUT2D eigenvalue weighted by Gasteiger charge is 2.20. The molecule has 3 heterocycles. The van der Waals surface area contributed by atoms with Crippen LogP contribution >= 0.6 is 11.6 Å². The Morgan fingerprint density at radius 1 is 1.04 bits per heavy atom. The molecule has 0 saturated carbocycles. The minimum absolute atomic E-state index is 0.598. The fourth-order valence-corrected chi connectivity index (χ4v) is 3.40. The summed E-state index contributed by atoms with van der Waals surface area (Å²) in [5.74, 6) is 2.03. The second kappa shape index (κ2) is 8.68. The highest BCUT2D eigenvalue weighted by atomic mass is 35.5. The molecule has 146 valence electrons. The van der Waals surface area contributed by atoms with Crippen molar-refractivity contribution in [3.05, 3.63) is 59.2 Å². The number of pyridine rings is 1. The maximum atomic E-state index is 6.22. The Labute approximate surface area is 168 Å². The van der Waals surface area contributed by atoms with Crippen molar-refractivity contribution in [1.82, 2.24) is 24.9 Å². The van der Waals surface area contributed by atoms with Gasteiger partial charge in [-0.3, -0.25) is 14.8 Å². The van der Waals surface area contributed by atoms with Gasteiger partial charge in [0.15, 0.2) is 0 Å². The van der Waals surface area contributed by atoms with E-state index in [1.807, 2.05) is 36.4 Å². The van der Waals surface area contributed by atoms with E-state index in [9.17, 15) is 0 Å². The van der Waals surface area contributed by atoms with Crippen LogP contribution in [0.25, 0.3) is 11.4 Å². The van der Waals surface area contributed by atoms with Gasteiger partial charge in [0.1, 0.15) is 5.75 Å². The lowest BCUT2D eigenvalue weighted by atomic mass is 10.2. The van der Waals surface area contributed by atoms with Crippen molar-refractivity contribution in [3.8, 4) is 17.1 Å². The molecule has 1 fully saturated rings. The van der Waals surface area contributed by atoms with E-state index in [4.69, 9.17) is 20.9 Å².